The highest BCUT2D eigenvalue weighted by Crippen LogP contribution is 2.44. The summed E-state index contributed by atoms with van der Waals surface area (Å²) in [5.74, 6) is -2.09. The first-order valence-electron chi connectivity index (χ1n) is 10.9. The van der Waals surface area contributed by atoms with E-state index < -0.39 is 17.2 Å². The molecule has 0 bridgehead atoms. The molecule has 35 heavy (non-hydrogen) atoms. The number of fused-ring (bicyclic) bond motifs is 1. The Balaban J connectivity index is 1.86. The van der Waals surface area contributed by atoms with Gasteiger partial charge in [0.15, 0.2) is 17.3 Å². The molecule has 0 unspecified atom stereocenters. The first-order valence-corrected chi connectivity index (χ1v) is 11.8. The van der Waals surface area contributed by atoms with Crippen molar-refractivity contribution in [1.29, 1.82) is 0 Å². The molecule has 0 saturated heterocycles. The lowest BCUT2D eigenvalue weighted by molar-refractivity contribution is 0.0776. The molecular formula is C25H25F2N3O4S. The lowest BCUT2D eigenvalue weighted by atomic mass is 9.97. The van der Waals surface area contributed by atoms with Gasteiger partial charge in [-0.3, -0.25) is 9.59 Å². The fourth-order valence-electron chi connectivity index (χ4n) is 3.70. The van der Waals surface area contributed by atoms with Crippen LogP contribution in [-0.2, 0) is 5.60 Å². The van der Waals surface area contributed by atoms with Crippen molar-refractivity contribution in [3.63, 3.8) is 0 Å². The standard InChI is InChI=1S/C25H25F2N3O4S/c1-5-28-23(31)21-12-18-22(35-21)24(32)29(4)13-30(18)17-10-14(25(2,3)33)6-8-20(17)34-19-9-7-15(26)11-16(19)27/h6-12,33H,5,13H2,1-4H3,(H,28,31). The Morgan fingerprint density at radius 1 is 1.14 bits per heavy atom. The molecule has 4 rings (SSSR count). The molecule has 0 spiro atoms. The molecule has 2 heterocycles. The van der Waals surface area contributed by atoms with E-state index in [0.29, 0.717) is 33.2 Å². The van der Waals surface area contributed by atoms with Crippen LogP contribution in [0.4, 0.5) is 20.2 Å². The maximum absolute atomic E-state index is 14.4. The fourth-order valence-corrected chi connectivity index (χ4v) is 4.77. The van der Waals surface area contributed by atoms with Gasteiger partial charge in [-0.25, -0.2) is 8.78 Å². The molecule has 10 heteroatoms. The van der Waals surface area contributed by atoms with Crippen LogP contribution in [0.15, 0.2) is 42.5 Å². The third-order valence-electron chi connectivity index (χ3n) is 5.53. The zero-order valence-electron chi connectivity index (χ0n) is 19.7. The average Bonchev–Trinajstić information content (AvgIpc) is 3.24. The summed E-state index contributed by atoms with van der Waals surface area (Å²) >= 11 is 1.08. The van der Waals surface area contributed by atoms with Crippen molar-refractivity contribution >= 4 is 34.5 Å². The quantitative estimate of drug-likeness (QED) is 0.498. The van der Waals surface area contributed by atoms with E-state index in [9.17, 15) is 23.5 Å². The SMILES string of the molecule is CCNC(=O)c1cc2c(s1)C(=O)N(C)CN2c1cc(C(C)(C)O)ccc1Oc1ccc(F)cc1F. The van der Waals surface area contributed by atoms with E-state index in [1.807, 2.05) is 0 Å². The van der Waals surface area contributed by atoms with Gasteiger partial charge in [-0.1, -0.05) is 6.07 Å². The predicted octanol–water partition coefficient (Wildman–Crippen LogP) is 4.98. The van der Waals surface area contributed by atoms with E-state index in [4.69, 9.17) is 4.74 Å². The van der Waals surface area contributed by atoms with Crippen molar-refractivity contribution in [1.82, 2.24) is 10.2 Å². The minimum absolute atomic E-state index is 0.120. The van der Waals surface area contributed by atoms with Crippen LogP contribution in [0.3, 0.4) is 0 Å². The number of hydrogen-bond acceptors (Lipinski definition) is 6. The number of halogens is 2. The van der Waals surface area contributed by atoms with Gasteiger partial charge in [-0.05, 0) is 56.7 Å². The molecule has 0 aliphatic carbocycles. The summed E-state index contributed by atoms with van der Waals surface area (Å²) < 4.78 is 33.6. The minimum Gasteiger partial charge on any atom is -0.452 e. The van der Waals surface area contributed by atoms with Gasteiger partial charge in [0.25, 0.3) is 11.8 Å². The molecule has 7 nitrogen and oxygen atoms in total. The van der Waals surface area contributed by atoms with E-state index in [1.54, 1.807) is 57.0 Å². The van der Waals surface area contributed by atoms with Crippen molar-refractivity contribution < 1.29 is 28.2 Å². The van der Waals surface area contributed by atoms with Gasteiger partial charge in [-0.15, -0.1) is 11.3 Å². The van der Waals surface area contributed by atoms with Crippen LogP contribution in [0.25, 0.3) is 0 Å². The van der Waals surface area contributed by atoms with E-state index in [-0.39, 0.29) is 30.0 Å². The maximum Gasteiger partial charge on any atom is 0.267 e. The van der Waals surface area contributed by atoms with Gasteiger partial charge in [0.1, 0.15) is 10.7 Å². The monoisotopic (exact) mass is 501 g/mol. The summed E-state index contributed by atoms with van der Waals surface area (Å²) in [6, 6.07) is 9.55. The highest BCUT2D eigenvalue weighted by atomic mass is 32.1. The summed E-state index contributed by atoms with van der Waals surface area (Å²) in [6.45, 7) is 5.61. The topological polar surface area (TPSA) is 82.1 Å². The highest BCUT2D eigenvalue weighted by Gasteiger charge is 2.34. The summed E-state index contributed by atoms with van der Waals surface area (Å²) in [7, 11) is 1.63. The minimum atomic E-state index is -1.20. The molecule has 0 fully saturated rings. The van der Waals surface area contributed by atoms with Crippen LogP contribution in [0.5, 0.6) is 11.5 Å². The number of nitrogens with one attached hydrogen (secondary N) is 1. The molecule has 1 aliphatic heterocycles. The Hall–Kier alpha value is -3.50. The predicted molar refractivity (Wildman–Crippen MR) is 130 cm³/mol. The molecule has 1 aromatic heterocycles. The van der Waals surface area contributed by atoms with Crippen molar-refractivity contribution in [3.8, 4) is 11.5 Å². The number of carbonyl (C=O) groups is 2. The number of carbonyl (C=O) groups excluding carboxylic acids is 2. The van der Waals surface area contributed by atoms with Crippen molar-refractivity contribution in [3.05, 3.63) is 69.4 Å². The van der Waals surface area contributed by atoms with E-state index in [2.05, 4.69) is 5.32 Å². The number of benzene rings is 2. The third-order valence-corrected chi connectivity index (χ3v) is 6.64. The molecule has 3 aromatic rings. The number of aliphatic hydroxyl groups is 1. The van der Waals surface area contributed by atoms with Crippen molar-refractivity contribution in [2.24, 2.45) is 0 Å². The van der Waals surface area contributed by atoms with Crippen LogP contribution in [0, 0.1) is 11.6 Å². The molecule has 0 radical (unpaired) electrons. The third kappa shape index (κ3) is 4.85. The summed E-state index contributed by atoms with van der Waals surface area (Å²) in [4.78, 5) is 29.4. The average molecular weight is 502 g/mol. The first kappa shape index (κ1) is 24.6. The van der Waals surface area contributed by atoms with Crippen molar-refractivity contribution in [2.75, 3.05) is 25.2 Å². The fraction of sp³-hybridized carbons (Fsp3) is 0.280. The Bertz CT molecular complexity index is 1300. The summed E-state index contributed by atoms with van der Waals surface area (Å²) in [6.07, 6.45) is 0. The lowest BCUT2D eigenvalue weighted by Gasteiger charge is -2.35. The van der Waals surface area contributed by atoms with Gasteiger partial charge in [0.05, 0.1) is 28.5 Å². The maximum atomic E-state index is 14.4. The second kappa shape index (κ2) is 9.27. The Morgan fingerprint density at radius 2 is 1.86 bits per heavy atom. The molecular weight excluding hydrogens is 476 g/mol. The Morgan fingerprint density at radius 3 is 2.51 bits per heavy atom. The van der Waals surface area contributed by atoms with Gasteiger partial charge in [0, 0.05) is 19.7 Å². The molecule has 0 atom stereocenters. The van der Waals surface area contributed by atoms with Gasteiger partial charge in [-0.2, -0.15) is 0 Å². The zero-order chi connectivity index (χ0) is 25.5. The van der Waals surface area contributed by atoms with Crippen LogP contribution < -0.4 is 15.0 Å². The smallest absolute Gasteiger partial charge is 0.267 e. The van der Waals surface area contributed by atoms with Crippen molar-refractivity contribution in [2.45, 2.75) is 26.4 Å². The summed E-state index contributed by atoms with van der Waals surface area (Å²) in [5.41, 5.74) is 0.292. The number of thiophene rings is 1. The van der Waals surface area contributed by atoms with E-state index >= 15 is 0 Å². The number of ether oxygens (including phenoxy) is 1. The number of amides is 2. The second-order valence-corrected chi connectivity index (χ2v) is 9.73. The normalized spacial score (nSPS) is 13.6. The molecule has 1 aliphatic rings. The number of nitrogens with zero attached hydrogens (tertiary/aromatic N) is 2. The van der Waals surface area contributed by atoms with E-state index in [1.165, 1.54) is 11.0 Å². The van der Waals surface area contributed by atoms with Crippen LogP contribution >= 0.6 is 11.3 Å². The Kier molecular flexibility index (Phi) is 6.52. The van der Waals surface area contributed by atoms with Crippen LogP contribution in [0.1, 0.15) is 45.7 Å². The lowest BCUT2D eigenvalue weighted by Crippen LogP contribution is -2.41. The largest absolute Gasteiger partial charge is 0.452 e. The van der Waals surface area contributed by atoms with Crippen LogP contribution in [0.2, 0.25) is 0 Å². The summed E-state index contributed by atoms with van der Waals surface area (Å²) in [5, 5.41) is 13.3. The van der Waals surface area contributed by atoms with Gasteiger partial charge < -0.3 is 25.0 Å². The second-order valence-electron chi connectivity index (χ2n) is 8.68. The number of hydrogen-bond donors (Lipinski definition) is 2. The van der Waals surface area contributed by atoms with Gasteiger partial charge in [0.2, 0.25) is 0 Å². The molecule has 2 amide bonds. The molecule has 2 N–H and O–H groups in total. The van der Waals surface area contributed by atoms with E-state index in [0.717, 1.165) is 23.5 Å². The molecule has 0 saturated carbocycles. The molecule has 184 valence electrons. The zero-order valence-corrected chi connectivity index (χ0v) is 20.5. The number of anilines is 2. The number of rotatable bonds is 6. The van der Waals surface area contributed by atoms with Crippen LogP contribution in [-0.4, -0.2) is 42.1 Å². The van der Waals surface area contributed by atoms with Gasteiger partial charge >= 0.3 is 0 Å². The highest BCUT2D eigenvalue weighted by molar-refractivity contribution is 7.16. The molecule has 2 aromatic carbocycles. The first-order chi connectivity index (χ1) is 16.5. The Labute approximate surface area is 205 Å².